The molecular weight excluding hydrogens is 1130 g/mol. The van der Waals surface area contributed by atoms with Crippen LogP contribution in [0.2, 0.25) is 0 Å². The van der Waals surface area contributed by atoms with Crippen molar-refractivity contribution >= 4 is 5.78 Å². The predicted octanol–water partition coefficient (Wildman–Crippen LogP) is 24.9. The van der Waals surface area contributed by atoms with Gasteiger partial charge in [0.25, 0.3) is 0 Å². The number of ketones is 1. The Balaban J connectivity index is 1.05. The molecule has 522 valence electrons. The highest BCUT2D eigenvalue weighted by atomic mass is 16.7. The number of rotatable bonds is 36. The lowest BCUT2D eigenvalue weighted by atomic mass is 9.49. The van der Waals surface area contributed by atoms with E-state index in [0.29, 0.717) is 18.8 Å². The monoisotopic (exact) mass is 1270 g/mol. The molecule has 0 aromatic heterocycles. The Labute approximate surface area is 566 Å². The fraction of sp³-hybridized carbons (Fsp3) is 0.826. The highest BCUT2D eigenvalue weighted by Crippen LogP contribution is 2.70. The molecule has 6 heteroatoms. The molecule has 2 aromatic rings. The summed E-state index contributed by atoms with van der Waals surface area (Å²) < 4.78 is 39.0. The van der Waals surface area contributed by atoms with E-state index in [1.54, 1.807) is 0 Å². The van der Waals surface area contributed by atoms with Crippen LogP contribution in [0.5, 0.6) is 23.0 Å². The number of hydrogen-bond acceptors (Lipinski definition) is 6. The lowest BCUT2D eigenvalue weighted by Gasteiger charge is -2.66. The average molecular weight is 1270 g/mol. The Hall–Kier alpha value is -2.99. The number of Topliss-reactive ketones (excluding diaryl/α,β-unsaturated/α-hetero) is 1. The summed E-state index contributed by atoms with van der Waals surface area (Å²) in [4.78, 5) is 16.3. The van der Waals surface area contributed by atoms with Gasteiger partial charge in [-0.05, 0) is 215 Å². The maximum atomic E-state index is 16.3. The Morgan fingerprint density at radius 1 is 0.348 bits per heavy atom. The fourth-order valence-corrected chi connectivity index (χ4v) is 18.7. The van der Waals surface area contributed by atoms with Crippen LogP contribution in [-0.4, -0.2) is 34.0 Å². The molecule has 2 aromatic carbocycles. The minimum atomic E-state index is -1.24. The summed E-state index contributed by atoms with van der Waals surface area (Å²) in [5.41, 5.74) is 8.13. The van der Waals surface area contributed by atoms with Gasteiger partial charge >= 0.3 is 0 Å². The molecule has 1 fully saturated rings. The SMILES string of the molecule is CC1=C(C)[C@]23Oc4c(C)c(C)c5c(c4C[C@]2(CC[C@@](C)(CCCC(C)CCCC(C)CCCC(C)C)O3)C2(Cc3c4c(c(C)c(C)c3O2)O[C@](C)(CCCC(C)CCCC(C)CCCC(C)C)CC4)C1=O)CC[C@@](C)(CCCC(C)CCCC(C)CCCC(C)C)O5. The van der Waals surface area contributed by atoms with E-state index in [9.17, 15) is 0 Å². The van der Waals surface area contributed by atoms with Gasteiger partial charge in [-0.1, -0.05) is 224 Å². The molecule has 1 saturated heterocycles. The van der Waals surface area contributed by atoms with E-state index >= 15 is 4.79 Å². The van der Waals surface area contributed by atoms with Crippen LogP contribution in [0.3, 0.4) is 0 Å². The second-order valence-electron chi connectivity index (χ2n) is 35.6. The van der Waals surface area contributed by atoms with Gasteiger partial charge in [0, 0.05) is 39.8 Å². The van der Waals surface area contributed by atoms with Crippen LogP contribution in [0.1, 0.15) is 361 Å². The lowest BCUT2D eigenvalue weighted by Crippen LogP contribution is -2.78. The molecule has 92 heavy (non-hydrogen) atoms. The van der Waals surface area contributed by atoms with Crippen molar-refractivity contribution in [2.75, 3.05) is 0 Å². The first-order chi connectivity index (χ1) is 43.4. The van der Waals surface area contributed by atoms with E-state index in [2.05, 4.69) is 145 Å². The zero-order chi connectivity index (χ0) is 67.1. The van der Waals surface area contributed by atoms with Crippen molar-refractivity contribution in [2.24, 2.45) is 58.7 Å². The molecule has 0 N–H and O–H groups in total. The Bertz CT molecular complexity index is 2800. The summed E-state index contributed by atoms with van der Waals surface area (Å²) in [6.45, 7) is 49.3. The van der Waals surface area contributed by atoms with Gasteiger partial charge < -0.3 is 23.7 Å². The number of carbonyl (C=O) groups is 1. The van der Waals surface area contributed by atoms with Crippen molar-refractivity contribution in [1.29, 1.82) is 0 Å². The predicted molar refractivity (Wildman–Crippen MR) is 389 cm³/mol. The fourth-order valence-electron chi connectivity index (χ4n) is 18.7. The minimum Gasteiger partial charge on any atom is -0.487 e. The van der Waals surface area contributed by atoms with Gasteiger partial charge in [-0.3, -0.25) is 4.79 Å². The third-order valence-corrected chi connectivity index (χ3v) is 25.7. The Morgan fingerprint density at radius 2 is 0.663 bits per heavy atom. The molecule has 12 atom stereocenters. The Kier molecular flexibility index (Phi) is 25.8. The molecule has 6 aliphatic rings. The third-order valence-electron chi connectivity index (χ3n) is 25.7. The maximum absolute atomic E-state index is 16.3. The van der Waals surface area contributed by atoms with Crippen molar-refractivity contribution in [3.8, 4) is 23.0 Å². The molecule has 8 rings (SSSR count). The summed E-state index contributed by atoms with van der Waals surface area (Å²) in [5.74, 6) is 9.84. The number of hydrogen-bond donors (Lipinski definition) is 0. The molecule has 5 heterocycles. The van der Waals surface area contributed by atoms with Crippen LogP contribution >= 0.6 is 0 Å². The van der Waals surface area contributed by atoms with E-state index in [1.165, 1.54) is 175 Å². The van der Waals surface area contributed by atoms with Crippen LogP contribution < -0.4 is 18.9 Å². The van der Waals surface area contributed by atoms with E-state index in [1.807, 2.05) is 0 Å². The lowest BCUT2D eigenvalue weighted by molar-refractivity contribution is -0.347. The summed E-state index contributed by atoms with van der Waals surface area (Å²) >= 11 is 0. The summed E-state index contributed by atoms with van der Waals surface area (Å²) in [6.07, 6.45) is 41.0. The quantitative estimate of drug-likeness (QED) is 0.0677. The van der Waals surface area contributed by atoms with Crippen molar-refractivity contribution in [1.82, 2.24) is 0 Å². The smallest absolute Gasteiger partial charge is 0.244 e. The van der Waals surface area contributed by atoms with E-state index in [-0.39, 0.29) is 17.0 Å². The second kappa shape index (κ2) is 31.7. The highest BCUT2D eigenvalue weighted by Gasteiger charge is 2.79. The normalized spacial score (nSPS) is 27.7. The second-order valence-corrected chi connectivity index (χ2v) is 35.6. The van der Waals surface area contributed by atoms with Gasteiger partial charge in [0.1, 0.15) is 34.2 Å². The van der Waals surface area contributed by atoms with Gasteiger partial charge in [0.15, 0.2) is 5.60 Å². The zero-order valence-electron chi connectivity index (χ0n) is 63.9. The molecule has 0 saturated carbocycles. The third kappa shape index (κ3) is 16.9. The van der Waals surface area contributed by atoms with Gasteiger partial charge in [0.05, 0.1) is 11.0 Å². The van der Waals surface area contributed by atoms with E-state index < -0.39 is 22.4 Å². The van der Waals surface area contributed by atoms with Crippen LogP contribution in [-0.2, 0) is 35.2 Å². The van der Waals surface area contributed by atoms with Gasteiger partial charge in [-0.2, -0.15) is 0 Å². The first kappa shape index (κ1) is 74.8. The molecule has 7 unspecified atom stereocenters. The van der Waals surface area contributed by atoms with Gasteiger partial charge in [-0.25, -0.2) is 0 Å². The molecule has 1 spiro atoms. The van der Waals surface area contributed by atoms with Crippen molar-refractivity contribution in [2.45, 2.75) is 398 Å². The number of ether oxygens (including phenoxy) is 5. The molecular formula is C86H142O6. The van der Waals surface area contributed by atoms with Crippen LogP contribution in [0.25, 0.3) is 0 Å². The highest BCUT2D eigenvalue weighted by molar-refractivity contribution is 6.06. The minimum absolute atomic E-state index is 0.109. The van der Waals surface area contributed by atoms with Crippen molar-refractivity contribution < 1.29 is 28.5 Å². The van der Waals surface area contributed by atoms with Crippen molar-refractivity contribution in [3.63, 3.8) is 0 Å². The molecule has 6 nitrogen and oxygen atoms in total. The molecule has 0 radical (unpaired) electrons. The van der Waals surface area contributed by atoms with Crippen LogP contribution in [0, 0.1) is 86.4 Å². The van der Waals surface area contributed by atoms with E-state index in [0.717, 1.165) is 162 Å². The van der Waals surface area contributed by atoms with Gasteiger partial charge in [-0.15, -0.1) is 0 Å². The molecule has 1 aliphatic carbocycles. The standard InChI is InChI=1S/C86H142O6/c1-57(2)31-22-34-60(7)37-25-40-63(10)43-28-48-81(19)51-46-72-74-55-84-54-53-83(21,50-30-45-65(12)42-27-39-62(9)36-24-33-59(5)6)92-86(84,91-79(74)69(16)67(14)76(72)88-81)71(18)70(17)80(87)85(84)56-75-73-47-52-82(20,89-77(73)66(13)68(15)78(75)90-85)49-29-44-64(11)41-26-38-61(8)35-23-32-58(3)4/h57-65H,22-56H2,1-21H3/t60?,61?,62?,63?,64?,65?,81-,82-,83-,84-,85?,86-/m1/s1. The van der Waals surface area contributed by atoms with Crippen LogP contribution in [0.15, 0.2) is 11.1 Å². The number of carbonyl (C=O) groups excluding carboxylic acids is 1. The summed E-state index contributed by atoms with van der Waals surface area (Å²) in [6, 6.07) is 0. The maximum Gasteiger partial charge on any atom is 0.244 e. The summed E-state index contributed by atoms with van der Waals surface area (Å²) in [5, 5.41) is 0. The molecule has 0 amide bonds. The number of benzene rings is 2. The molecule has 5 aliphatic heterocycles. The van der Waals surface area contributed by atoms with Crippen molar-refractivity contribution in [3.05, 3.63) is 55.7 Å². The first-order valence-corrected chi connectivity index (χ1v) is 39.4. The number of fused-ring (bicyclic) bond motifs is 6. The molecule has 0 bridgehead atoms. The topological polar surface area (TPSA) is 63.2 Å². The van der Waals surface area contributed by atoms with E-state index in [4.69, 9.17) is 23.7 Å². The first-order valence-electron chi connectivity index (χ1n) is 39.4. The summed E-state index contributed by atoms with van der Waals surface area (Å²) in [7, 11) is 0. The largest absolute Gasteiger partial charge is 0.487 e. The zero-order valence-corrected chi connectivity index (χ0v) is 63.9. The van der Waals surface area contributed by atoms with Gasteiger partial charge in [0.2, 0.25) is 11.6 Å². The Morgan fingerprint density at radius 3 is 1.03 bits per heavy atom. The van der Waals surface area contributed by atoms with Crippen LogP contribution in [0.4, 0.5) is 0 Å². The average Bonchev–Trinajstić information content (AvgIpc) is 1.13.